The molecule has 2 atom stereocenters. The Bertz CT molecular complexity index is 1300. The zero-order valence-corrected chi connectivity index (χ0v) is 25.8. The predicted octanol–water partition coefficient (Wildman–Crippen LogP) is 9.93. The summed E-state index contributed by atoms with van der Waals surface area (Å²) >= 11 is 0. The van der Waals surface area contributed by atoms with E-state index < -0.39 is 36.5 Å². The van der Waals surface area contributed by atoms with Gasteiger partial charge in [0.05, 0.1) is 11.4 Å². The van der Waals surface area contributed by atoms with Crippen LogP contribution in [0.25, 0.3) is 22.5 Å². The fourth-order valence-electron chi connectivity index (χ4n) is 4.70. The summed E-state index contributed by atoms with van der Waals surface area (Å²) in [5.74, 6) is -2.36. The molecule has 0 radical (unpaired) electrons. The third-order valence-electron chi connectivity index (χ3n) is 7.26. The number of rotatable bonds is 16. The number of hydrogen-bond donors (Lipinski definition) is 0. The molecule has 3 aromatic rings. The molecule has 1 aromatic carbocycles. The zero-order valence-electron chi connectivity index (χ0n) is 25.8. The van der Waals surface area contributed by atoms with E-state index in [0.717, 1.165) is 25.7 Å². The highest BCUT2D eigenvalue weighted by Crippen LogP contribution is 2.30. The molecule has 0 N–H and O–H groups in total. The first-order chi connectivity index (χ1) is 21.8. The van der Waals surface area contributed by atoms with Gasteiger partial charge in [-0.25, -0.2) is 19.6 Å². The third-order valence-corrected chi connectivity index (χ3v) is 7.26. The van der Waals surface area contributed by atoms with Crippen molar-refractivity contribution < 1.29 is 45.4 Å². The number of benzene rings is 1. The molecule has 46 heavy (non-hydrogen) atoms. The Morgan fingerprint density at radius 1 is 0.587 bits per heavy atom. The summed E-state index contributed by atoms with van der Waals surface area (Å²) in [7, 11) is 0. The largest absolute Gasteiger partial charge is 0.448 e. The van der Waals surface area contributed by atoms with Crippen LogP contribution >= 0.6 is 0 Å². The minimum absolute atomic E-state index is 0.275. The van der Waals surface area contributed by atoms with E-state index in [1.807, 2.05) is 13.8 Å². The smallest absolute Gasteiger partial charge is 0.425 e. The minimum atomic E-state index is -4.70. The van der Waals surface area contributed by atoms with Crippen molar-refractivity contribution in [1.29, 1.82) is 0 Å². The zero-order chi connectivity index (χ0) is 33.7. The predicted molar refractivity (Wildman–Crippen MR) is 161 cm³/mol. The van der Waals surface area contributed by atoms with Gasteiger partial charge in [0.2, 0.25) is 0 Å². The van der Waals surface area contributed by atoms with Crippen molar-refractivity contribution in [3.63, 3.8) is 0 Å². The lowest BCUT2D eigenvalue weighted by Gasteiger charge is -2.20. The standard InChI is InChI=1S/C34H38F6N2O4/c1-3-5-7-9-17-29(33(35,36)37)45-31(43)27-15-11-13-25(41-27)23-19-21-24(22-20-23)26-14-12-16-28(42-26)32(44)46-30(34(38,39)40)18-10-8-6-4-2/h11-16,19-22,29-30H,3-10,17-18H2,1-2H3. The van der Waals surface area contributed by atoms with Crippen molar-refractivity contribution in [2.24, 2.45) is 0 Å². The van der Waals surface area contributed by atoms with E-state index in [1.165, 1.54) is 24.3 Å². The first kappa shape index (κ1) is 36.5. The molecular weight excluding hydrogens is 614 g/mol. The van der Waals surface area contributed by atoms with E-state index in [1.54, 1.807) is 36.4 Å². The number of hydrogen-bond acceptors (Lipinski definition) is 6. The normalized spacial score (nSPS) is 13.2. The van der Waals surface area contributed by atoms with E-state index in [0.29, 0.717) is 35.4 Å². The van der Waals surface area contributed by atoms with Gasteiger partial charge in [-0.1, -0.05) is 88.8 Å². The summed E-state index contributed by atoms with van der Waals surface area (Å²) in [6.07, 6.45) is -9.47. The molecule has 0 saturated heterocycles. The Morgan fingerprint density at radius 3 is 1.28 bits per heavy atom. The first-order valence-electron chi connectivity index (χ1n) is 15.4. The van der Waals surface area contributed by atoms with Crippen LogP contribution in [0.2, 0.25) is 0 Å². The number of unbranched alkanes of at least 4 members (excludes halogenated alkanes) is 6. The lowest BCUT2D eigenvalue weighted by molar-refractivity contribution is -0.206. The maximum atomic E-state index is 13.5. The van der Waals surface area contributed by atoms with Crippen LogP contribution < -0.4 is 0 Å². The van der Waals surface area contributed by atoms with Gasteiger partial charge in [-0.05, 0) is 49.9 Å². The summed E-state index contributed by atoms with van der Waals surface area (Å²) in [4.78, 5) is 33.6. The molecule has 0 spiro atoms. The van der Waals surface area contributed by atoms with Crippen LogP contribution in [0.3, 0.4) is 0 Å². The van der Waals surface area contributed by atoms with Crippen molar-refractivity contribution in [2.45, 2.75) is 103 Å². The van der Waals surface area contributed by atoms with Gasteiger partial charge in [-0.15, -0.1) is 0 Å². The van der Waals surface area contributed by atoms with Crippen LogP contribution in [0, 0.1) is 0 Å². The number of alkyl halides is 6. The van der Waals surface area contributed by atoms with Crippen LogP contribution in [-0.4, -0.2) is 46.5 Å². The number of carbonyl (C=O) groups is 2. The topological polar surface area (TPSA) is 78.4 Å². The number of esters is 2. The Hall–Kier alpha value is -3.96. The van der Waals surface area contributed by atoms with Gasteiger partial charge in [-0.3, -0.25) is 0 Å². The Kier molecular flexibility index (Phi) is 13.6. The molecule has 250 valence electrons. The Morgan fingerprint density at radius 2 is 0.957 bits per heavy atom. The molecule has 0 aliphatic carbocycles. The van der Waals surface area contributed by atoms with E-state index in [-0.39, 0.29) is 37.1 Å². The lowest BCUT2D eigenvalue weighted by atomic mass is 10.1. The summed E-state index contributed by atoms with van der Waals surface area (Å²) in [6.45, 7) is 3.88. The van der Waals surface area contributed by atoms with Gasteiger partial charge in [-0.2, -0.15) is 26.3 Å². The number of ether oxygens (including phenoxy) is 2. The minimum Gasteiger partial charge on any atom is -0.448 e. The number of nitrogens with zero attached hydrogens (tertiary/aromatic N) is 2. The SMILES string of the molecule is CCCCCCC(OC(=O)c1cccc(-c2ccc(-c3cccc(C(=O)OC(CCCCCC)C(F)(F)F)n3)cc2)n1)C(F)(F)F. The van der Waals surface area contributed by atoms with Gasteiger partial charge in [0, 0.05) is 11.1 Å². The molecule has 2 heterocycles. The highest BCUT2D eigenvalue weighted by Gasteiger charge is 2.43. The van der Waals surface area contributed by atoms with Crippen LogP contribution in [0.15, 0.2) is 60.7 Å². The molecule has 0 aliphatic rings. The number of carbonyl (C=O) groups excluding carboxylic acids is 2. The Labute approximate surface area is 264 Å². The molecule has 0 bridgehead atoms. The lowest BCUT2D eigenvalue weighted by Crippen LogP contribution is -2.34. The summed E-state index contributed by atoms with van der Waals surface area (Å²) in [5.41, 5.74) is 1.10. The molecule has 0 fully saturated rings. The average molecular weight is 653 g/mol. The summed E-state index contributed by atoms with van der Waals surface area (Å²) < 4.78 is 90.6. The third kappa shape index (κ3) is 11.1. The molecule has 0 saturated carbocycles. The molecule has 0 aliphatic heterocycles. The summed E-state index contributed by atoms with van der Waals surface area (Å²) in [6, 6.07) is 15.2. The quantitative estimate of drug-likeness (QED) is 0.0871. The molecular formula is C34H38F6N2O4. The van der Waals surface area contributed by atoms with E-state index >= 15 is 0 Å². The maximum absolute atomic E-state index is 13.5. The maximum Gasteiger partial charge on any atom is 0.425 e. The fourth-order valence-corrected chi connectivity index (χ4v) is 4.70. The number of pyridine rings is 2. The van der Waals surface area contributed by atoms with Crippen LogP contribution in [0.4, 0.5) is 26.3 Å². The van der Waals surface area contributed by atoms with Gasteiger partial charge in [0.15, 0.2) is 12.2 Å². The van der Waals surface area contributed by atoms with E-state index in [2.05, 4.69) is 9.97 Å². The first-order valence-corrected chi connectivity index (χ1v) is 15.4. The van der Waals surface area contributed by atoms with Gasteiger partial charge in [0.25, 0.3) is 0 Å². The molecule has 6 nitrogen and oxygen atoms in total. The molecule has 12 heteroatoms. The highest BCUT2D eigenvalue weighted by atomic mass is 19.4. The number of halogens is 6. The molecule has 2 unspecified atom stereocenters. The second-order valence-corrected chi connectivity index (χ2v) is 11.0. The van der Waals surface area contributed by atoms with Crippen molar-refractivity contribution >= 4 is 11.9 Å². The van der Waals surface area contributed by atoms with Crippen molar-refractivity contribution in [3.05, 3.63) is 72.1 Å². The Balaban J connectivity index is 1.71. The van der Waals surface area contributed by atoms with E-state index in [4.69, 9.17) is 9.47 Å². The van der Waals surface area contributed by atoms with Gasteiger partial charge >= 0.3 is 24.3 Å². The van der Waals surface area contributed by atoms with Crippen molar-refractivity contribution in [2.75, 3.05) is 0 Å². The van der Waals surface area contributed by atoms with Crippen LogP contribution in [0.1, 0.15) is 99.0 Å². The highest BCUT2D eigenvalue weighted by molar-refractivity contribution is 5.89. The van der Waals surface area contributed by atoms with Gasteiger partial charge < -0.3 is 9.47 Å². The molecule has 2 aromatic heterocycles. The molecule has 3 rings (SSSR count). The van der Waals surface area contributed by atoms with Crippen molar-refractivity contribution in [1.82, 2.24) is 9.97 Å². The fraction of sp³-hybridized carbons (Fsp3) is 0.471. The monoisotopic (exact) mass is 652 g/mol. The van der Waals surface area contributed by atoms with Crippen LogP contribution in [0.5, 0.6) is 0 Å². The van der Waals surface area contributed by atoms with Crippen LogP contribution in [-0.2, 0) is 9.47 Å². The van der Waals surface area contributed by atoms with Crippen molar-refractivity contribution in [3.8, 4) is 22.5 Å². The van der Waals surface area contributed by atoms with Gasteiger partial charge in [0.1, 0.15) is 11.4 Å². The second-order valence-electron chi connectivity index (χ2n) is 11.0. The number of aromatic nitrogens is 2. The summed E-state index contributed by atoms with van der Waals surface area (Å²) in [5, 5.41) is 0. The molecule has 0 amide bonds. The second kappa shape index (κ2) is 17.1. The van der Waals surface area contributed by atoms with E-state index in [9.17, 15) is 35.9 Å². The average Bonchev–Trinajstić information content (AvgIpc) is 3.03.